The summed E-state index contributed by atoms with van der Waals surface area (Å²) in [6, 6.07) is 7.70. The van der Waals surface area contributed by atoms with E-state index in [0.717, 1.165) is 46.9 Å². The third-order valence-corrected chi connectivity index (χ3v) is 9.20. The number of carbonyl (C=O) groups is 1. The Hall–Kier alpha value is -3.46. The van der Waals surface area contributed by atoms with Crippen LogP contribution in [0.5, 0.6) is 0 Å². The second-order valence-electron chi connectivity index (χ2n) is 10.4. The number of anilines is 1. The summed E-state index contributed by atoms with van der Waals surface area (Å²) in [5.74, 6) is -9.66. The van der Waals surface area contributed by atoms with Crippen LogP contribution in [0.3, 0.4) is 0 Å². The van der Waals surface area contributed by atoms with Crippen molar-refractivity contribution in [1.29, 1.82) is 0 Å². The van der Waals surface area contributed by atoms with Crippen LogP contribution < -0.4 is 25.2 Å². The lowest BCUT2D eigenvalue weighted by molar-refractivity contribution is 0.0689. The van der Waals surface area contributed by atoms with Crippen molar-refractivity contribution < 1.29 is 27.5 Å². The molecule has 0 atom stereocenters. The van der Waals surface area contributed by atoms with E-state index in [1.54, 1.807) is 6.92 Å². The Kier molecular flexibility index (Phi) is 6.45. The number of hydrogen-bond donors (Lipinski definition) is 1. The number of likely N-dealkylation sites (N-methyl/N-ethyl adjacent to an activating group) is 2. The van der Waals surface area contributed by atoms with Gasteiger partial charge in [-0.3, -0.25) is 0 Å². The number of rotatable bonds is 4. The summed E-state index contributed by atoms with van der Waals surface area (Å²) in [5.41, 5.74) is 2.20. The van der Waals surface area contributed by atoms with Gasteiger partial charge >= 0.3 is 5.97 Å². The van der Waals surface area contributed by atoms with Crippen LogP contribution in [0.25, 0.3) is 5.57 Å². The van der Waals surface area contributed by atoms with E-state index < -0.39 is 49.2 Å². The molecule has 2 aliphatic rings. The molecule has 0 aliphatic carbocycles. The van der Waals surface area contributed by atoms with Crippen LogP contribution in [0.2, 0.25) is 13.1 Å². The van der Waals surface area contributed by atoms with Gasteiger partial charge in [-0.15, -0.1) is 0 Å². The molecule has 0 saturated carbocycles. The third-order valence-electron chi connectivity index (χ3n) is 7.71. The van der Waals surface area contributed by atoms with Crippen LogP contribution in [0, 0.1) is 30.2 Å². The summed E-state index contributed by atoms with van der Waals surface area (Å²) in [7, 11) is 2.70. The van der Waals surface area contributed by atoms with Crippen LogP contribution in [0.15, 0.2) is 24.3 Å². The average Bonchev–Trinajstić information content (AvgIpc) is 3.41. The molecule has 0 aromatic heterocycles. The molecule has 2 aliphatic heterocycles. The van der Waals surface area contributed by atoms with Crippen LogP contribution in [-0.2, 0) is 12.8 Å². The molecule has 9 heteroatoms. The van der Waals surface area contributed by atoms with Gasteiger partial charge in [-0.2, -0.15) is 0 Å². The summed E-state index contributed by atoms with van der Waals surface area (Å²) in [5, 5.41) is 12.4. The van der Waals surface area contributed by atoms with Gasteiger partial charge in [-0.05, 0) is 58.6 Å². The molecule has 0 spiro atoms. The summed E-state index contributed by atoms with van der Waals surface area (Å²) >= 11 is 0. The van der Waals surface area contributed by atoms with Crippen molar-refractivity contribution in [2.75, 3.05) is 32.1 Å². The Bertz CT molecular complexity index is 1670. The molecule has 0 fully saturated rings. The zero-order valence-corrected chi connectivity index (χ0v) is 22.9. The SMILES string of the molecule is Cc1cc2c(cc1/C(c1c(F)c(F)c(F)c(F)c1C(=O)O)=c1/cc3c(cc1[Si](C)C)=[N+](C)CC3)CCN2C. The quantitative estimate of drug-likeness (QED) is 0.182. The van der Waals surface area contributed by atoms with E-state index in [1.165, 1.54) is 0 Å². The number of carboxylic acids is 1. The lowest BCUT2D eigenvalue weighted by Crippen LogP contribution is -2.43. The normalized spacial score (nSPS) is 15.3. The van der Waals surface area contributed by atoms with E-state index in [0.29, 0.717) is 22.8 Å². The first-order valence-corrected chi connectivity index (χ1v) is 14.9. The Morgan fingerprint density at radius 1 is 0.947 bits per heavy atom. The van der Waals surface area contributed by atoms with Crippen LogP contribution >= 0.6 is 0 Å². The number of fused-ring (bicyclic) bond motifs is 2. The van der Waals surface area contributed by atoms with Crippen molar-refractivity contribution in [2.45, 2.75) is 32.9 Å². The molecule has 5 rings (SSSR count). The maximum atomic E-state index is 15.7. The highest BCUT2D eigenvalue weighted by Gasteiger charge is 2.33. The van der Waals surface area contributed by atoms with Crippen molar-refractivity contribution in [2.24, 2.45) is 0 Å². The Morgan fingerprint density at radius 3 is 2.24 bits per heavy atom. The van der Waals surface area contributed by atoms with Gasteiger partial charge in [-0.25, -0.2) is 26.9 Å². The minimum Gasteiger partial charge on any atom is -0.478 e. The van der Waals surface area contributed by atoms with E-state index in [-0.39, 0.29) is 5.57 Å². The third kappa shape index (κ3) is 3.95. The van der Waals surface area contributed by atoms with Crippen LogP contribution in [0.4, 0.5) is 23.2 Å². The van der Waals surface area contributed by atoms with Crippen molar-refractivity contribution >= 4 is 31.2 Å². The number of aromatic carboxylic acids is 1. The monoisotopic (exact) mass is 540 g/mol. The number of benzene rings is 3. The number of carboxylic acid groups (broad SMARTS) is 1. The fraction of sp³-hybridized carbons (Fsp3) is 0.310. The Morgan fingerprint density at radius 2 is 1.61 bits per heavy atom. The minimum absolute atomic E-state index is 0.0751. The lowest BCUT2D eigenvalue weighted by atomic mass is 9.86. The predicted molar refractivity (Wildman–Crippen MR) is 142 cm³/mol. The smallest absolute Gasteiger partial charge is 0.339 e. The highest BCUT2D eigenvalue weighted by molar-refractivity contribution is 6.70. The zero-order valence-electron chi connectivity index (χ0n) is 21.9. The molecule has 3 aromatic carbocycles. The second-order valence-corrected chi connectivity index (χ2v) is 12.9. The van der Waals surface area contributed by atoms with Crippen LogP contribution in [-0.4, -0.2) is 47.1 Å². The molecule has 0 saturated heterocycles. The highest BCUT2D eigenvalue weighted by Crippen LogP contribution is 2.37. The summed E-state index contributed by atoms with van der Waals surface area (Å²) in [6.45, 7) is 7.46. The number of hydrogen-bond acceptors (Lipinski definition) is 2. The summed E-state index contributed by atoms with van der Waals surface area (Å²) < 4.78 is 62.0. The Labute approximate surface area is 219 Å². The number of halogens is 4. The molecule has 38 heavy (non-hydrogen) atoms. The lowest BCUT2D eigenvalue weighted by Gasteiger charge is -2.20. The van der Waals surface area contributed by atoms with Crippen molar-refractivity contribution in [1.82, 2.24) is 4.58 Å². The van der Waals surface area contributed by atoms with Crippen LogP contribution in [0.1, 0.15) is 38.2 Å². The zero-order chi connectivity index (χ0) is 27.6. The first-order chi connectivity index (χ1) is 17.9. The van der Waals surface area contributed by atoms with Gasteiger partial charge in [0.25, 0.3) is 0 Å². The highest BCUT2D eigenvalue weighted by atomic mass is 28.3. The minimum atomic E-state index is -2.14. The molecule has 2 heterocycles. The number of nitrogens with zero attached hydrogens (tertiary/aromatic N) is 2. The molecule has 0 unspecified atom stereocenters. The molecule has 1 N–H and O–H groups in total. The molecule has 3 aromatic rings. The van der Waals surface area contributed by atoms with Gasteiger partial charge in [0.05, 0.1) is 8.80 Å². The maximum Gasteiger partial charge on any atom is 0.339 e. The largest absolute Gasteiger partial charge is 0.478 e. The van der Waals surface area contributed by atoms with E-state index in [1.807, 2.05) is 51.5 Å². The molecule has 0 amide bonds. The number of aryl methyl sites for hydroxylation is 1. The molecule has 4 nitrogen and oxygen atoms in total. The van der Waals surface area contributed by atoms with E-state index >= 15 is 8.78 Å². The van der Waals surface area contributed by atoms with E-state index in [9.17, 15) is 18.7 Å². The molecule has 0 bridgehead atoms. The van der Waals surface area contributed by atoms with Gasteiger partial charge in [0.15, 0.2) is 23.3 Å². The van der Waals surface area contributed by atoms with Gasteiger partial charge < -0.3 is 10.0 Å². The first-order valence-electron chi connectivity index (χ1n) is 12.4. The Balaban J connectivity index is 2.06. The van der Waals surface area contributed by atoms with E-state index in [2.05, 4.69) is 9.48 Å². The van der Waals surface area contributed by atoms with Crippen molar-refractivity contribution in [3.63, 3.8) is 0 Å². The maximum absolute atomic E-state index is 15.7. The van der Waals surface area contributed by atoms with Gasteiger partial charge in [0.2, 0.25) is 5.36 Å². The predicted octanol–water partition coefficient (Wildman–Crippen LogP) is 3.13. The molecular weight excluding hydrogens is 512 g/mol. The fourth-order valence-electron chi connectivity index (χ4n) is 5.67. The molecule has 1 radical (unpaired) electrons. The standard InChI is InChI=1S/C29H27F4N2O2Si/c1-14-10-19-15(6-8-34(19)2)11-17(14)22(23-24(29(36)37)26(31)28(33)27(32)25(23)30)18-12-16-7-9-35(3)20(16)13-21(18)38(4)5/h10-13H,6-9H2,1-5H3/p+1. The fourth-order valence-corrected chi connectivity index (χ4v) is 6.83. The second kappa shape index (κ2) is 9.38. The molecule has 197 valence electrons. The summed E-state index contributed by atoms with van der Waals surface area (Å²) in [6.07, 6.45) is 1.43. The topological polar surface area (TPSA) is 43.5 Å². The van der Waals surface area contributed by atoms with Crippen molar-refractivity contribution in [3.8, 4) is 0 Å². The first kappa shape index (κ1) is 26.2. The average molecular weight is 541 g/mol. The van der Waals surface area contributed by atoms with Gasteiger partial charge in [-0.1, -0.05) is 13.1 Å². The summed E-state index contributed by atoms with van der Waals surface area (Å²) in [4.78, 5) is 14.4. The van der Waals surface area contributed by atoms with Crippen molar-refractivity contribution in [3.05, 3.63) is 91.5 Å². The molecular formula is C29H28F4N2O2Si+. The van der Waals surface area contributed by atoms with E-state index in [4.69, 9.17) is 0 Å². The van der Waals surface area contributed by atoms with Gasteiger partial charge in [0.1, 0.15) is 19.2 Å². The van der Waals surface area contributed by atoms with Gasteiger partial charge in [0, 0.05) is 48.5 Å².